The summed E-state index contributed by atoms with van der Waals surface area (Å²) in [5.41, 5.74) is 3.63. The maximum absolute atomic E-state index is 12.2. The molecule has 1 unspecified atom stereocenters. The smallest absolute Gasteiger partial charge is 0.242 e. The fourth-order valence-electron chi connectivity index (χ4n) is 3.65. The van der Waals surface area contributed by atoms with Crippen LogP contribution in [0, 0.1) is 6.92 Å². The number of aromatic nitrogens is 4. The molecule has 0 radical (unpaired) electrons. The Hall–Kier alpha value is -3.48. The molecule has 4 aromatic rings. The molecule has 28 heavy (non-hydrogen) atoms. The number of piperidine rings is 1. The van der Waals surface area contributed by atoms with Gasteiger partial charge in [-0.3, -0.25) is 4.79 Å². The largest absolute Gasteiger partial charge is 0.354 e. The van der Waals surface area contributed by atoms with Gasteiger partial charge in [-0.1, -0.05) is 36.4 Å². The van der Waals surface area contributed by atoms with Crippen molar-refractivity contribution in [2.45, 2.75) is 25.8 Å². The fraction of sp³-hybridized carbons (Fsp3) is 0.238. The molecule has 1 fully saturated rings. The predicted octanol–water partition coefficient (Wildman–Crippen LogP) is 2.94. The lowest BCUT2D eigenvalue weighted by Crippen LogP contribution is -2.44. The van der Waals surface area contributed by atoms with Gasteiger partial charge in [0.25, 0.3) is 0 Å². The third-order valence-corrected chi connectivity index (χ3v) is 5.15. The van der Waals surface area contributed by atoms with Gasteiger partial charge >= 0.3 is 0 Å². The van der Waals surface area contributed by atoms with E-state index in [0.29, 0.717) is 11.8 Å². The van der Waals surface area contributed by atoms with Gasteiger partial charge < -0.3 is 10.6 Å². The van der Waals surface area contributed by atoms with Crippen LogP contribution in [-0.2, 0) is 4.79 Å². The molecule has 1 atom stereocenters. The lowest BCUT2D eigenvalue weighted by Gasteiger charge is -2.23. The van der Waals surface area contributed by atoms with Gasteiger partial charge in [0, 0.05) is 17.5 Å². The minimum absolute atomic E-state index is 0.00592. The number of benzene rings is 2. The number of carbonyl (C=O) groups excluding carboxylic acids is 1. The van der Waals surface area contributed by atoms with Crippen molar-refractivity contribution in [2.75, 3.05) is 11.9 Å². The number of nitrogens with one attached hydrogen (secondary N) is 2. The highest BCUT2D eigenvalue weighted by atomic mass is 16.2. The summed E-state index contributed by atoms with van der Waals surface area (Å²) in [6.07, 6.45) is 1.70. The third kappa shape index (κ3) is 2.76. The molecule has 7 nitrogen and oxygen atoms in total. The molecule has 1 aliphatic rings. The molecule has 1 amide bonds. The summed E-state index contributed by atoms with van der Waals surface area (Å²) in [5.74, 6) is 1.17. The lowest BCUT2D eigenvalue weighted by atomic mass is 10.1. The molecule has 1 saturated heterocycles. The molecule has 1 aliphatic heterocycles. The Morgan fingerprint density at radius 1 is 1.11 bits per heavy atom. The number of para-hydroxylation sites is 1. The van der Waals surface area contributed by atoms with E-state index in [9.17, 15) is 4.79 Å². The highest BCUT2D eigenvalue weighted by molar-refractivity contribution is 5.93. The van der Waals surface area contributed by atoms with Crippen molar-refractivity contribution in [2.24, 2.45) is 0 Å². The summed E-state index contributed by atoms with van der Waals surface area (Å²) < 4.78 is 1.71. The van der Waals surface area contributed by atoms with Crippen molar-refractivity contribution in [1.29, 1.82) is 0 Å². The lowest BCUT2D eigenvalue weighted by molar-refractivity contribution is -0.123. The van der Waals surface area contributed by atoms with E-state index in [1.807, 2.05) is 55.5 Å². The molecular weight excluding hydrogens is 352 g/mol. The predicted molar refractivity (Wildman–Crippen MR) is 108 cm³/mol. The normalized spacial score (nSPS) is 17.0. The standard InChI is InChI=1S/C21H20N6O/c1-13-7-2-3-8-14(13)18-25-19-15-9-4-5-10-16(15)23-21(27(19)26-18)24-17-11-6-12-22-20(17)28/h2-5,7-10,17H,6,11-12H2,1H3,(H,22,28)(H,23,24). The SMILES string of the molecule is Cc1ccccc1-c1nc2c3ccccc3nc(NC3CCCNC3=O)n2n1. The first-order valence-electron chi connectivity index (χ1n) is 9.46. The summed E-state index contributed by atoms with van der Waals surface area (Å²) in [7, 11) is 0. The van der Waals surface area contributed by atoms with E-state index in [4.69, 9.17) is 15.1 Å². The van der Waals surface area contributed by atoms with E-state index in [-0.39, 0.29) is 11.9 Å². The number of hydrogen-bond donors (Lipinski definition) is 2. The molecule has 2 aromatic heterocycles. The Bertz CT molecular complexity index is 1200. The summed E-state index contributed by atoms with van der Waals surface area (Å²) in [6.45, 7) is 2.77. The molecule has 0 spiro atoms. The van der Waals surface area contributed by atoms with Crippen LogP contribution in [0.25, 0.3) is 27.9 Å². The van der Waals surface area contributed by atoms with Crippen LogP contribution in [0.5, 0.6) is 0 Å². The second-order valence-corrected chi connectivity index (χ2v) is 7.07. The number of anilines is 1. The topological polar surface area (TPSA) is 84.2 Å². The van der Waals surface area contributed by atoms with E-state index >= 15 is 0 Å². The average Bonchev–Trinajstić information content (AvgIpc) is 3.16. The summed E-state index contributed by atoms with van der Waals surface area (Å²) >= 11 is 0. The van der Waals surface area contributed by atoms with E-state index < -0.39 is 0 Å². The second kappa shape index (κ2) is 6.60. The van der Waals surface area contributed by atoms with Gasteiger partial charge in [0.2, 0.25) is 11.9 Å². The number of rotatable bonds is 3. The maximum atomic E-state index is 12.2. The summed E-state index contributed by atoms with van der Waals surface area (Å²) in [6, 6.07) is 15.6. The first-order chi connectivity index (χ1) is 13.7. The number of nitrogens with zero attached hydrogens (tertiary/aromatic N) is 4. The molecule has 2 aromatic carbocycles. The van der Waals surface area contributed by atoms with E-state index in [2.05, 4.69) is 10.6 Å². The van der Waals surface area contributed by atoms with Crippen molar-refractivity contribution in [1.82, 2.24) is 24.9 Å². The van der Waals surface area contributed by atoms with Crippen LogP contribution >= 0.6 is 0 Å². The Morgan fingerprint density at radius 3 is 2.79 bits per heavy atom. The fourth-order valence-corrected chi connectivity index (χ4v) is 3.65. The molecule has 3 heterocycles. The van der Waals surface area contributed by atoms with Gasteiger partial charge in [-0.15, -0.1) is 5.10 Å². The van der Waals surface area contributed by atoms with E-state index in [1.54, 1.807) is 4.52 Å². The van der Waals surface area contributed by atoms with Crippen LogP contribution in [0.2, 0.25) is 0 Å². The first-order valence-corrected chi connectivity index (χ1v) is 9.46. The van der Waals surface area contributed by atoms with Crippen LogP contribution < -0.4 is 10.6 Å². The Labute approximate surface area is 161 Å². The molecule has 0 saturated carbocycles. The maximum Gasteiger partial charge on any atom is 0.242 e. The number of amides is 1. The van der Waals surface area contributed by atoms with Crippen molar-refractivity contribution in [3.63, 3.8) is 0 Å². The Kier molecular flexibility index (Phi) is 3.93. The molecule has 0 bridgehead atoms. The minimum Gasteiger partial charge on any atom is -0.354 e. The zero-order chi connectivity index (χ0) is 19.1. The average molecular weight is 372 g/mol. The number of hydrogen-bond acceptors (Lipinski definition) is 5. The second-order valence-electron chi connectivity index (χ2n) is 7.07. The van der Waals surface area contributed by atoms with Crippen molar-refractivity contribution in [3.05, 3.63) is 54.1 Å². The molecule has 140 valence electrons. The third-order valence-electron chi connectivity index (χ3n) is 5.15. The molecule has 0 aliphatic carbocycles. The van der Waals surface area contributed by atoms with E-state index in [1.165, 1.54) is 0 Å². The van der Waals surface area contributed by atoms with E-state index in [0.717, 1.165) is 47.1 Å². The minimum atomic E-state index is -0.322. The quantitative estimate of drug-likeness (QED) is 0.578. The van der Waals surface area contributed by atoms with Gasteiger partial charge in [-0.25, -0.2) is 9.97 Å². The van der Waals surface area contributed by atoms with Crippen LogP contribution in [0.4, 0.5) is 5.95 Å². The molecule has 7 heteroatoms. The van der Waals surface area contributed by atoms with Gasteiger partial charge in [-0.05, 0) is 37.5 Å². The van der Waals surface area contributed by atoms with Crippen molar-refractivity contribution < 1.29 is 4.79 Å². The summed E-state index contributed by atoms with van der Waals surface area (Å²) in [4.78, 5) is 21.8. The highest BCUT2D eigenvalue weighted by Gasteiger charge is 2.24. The zero-order valence-electron chi connectivity index (χ0n) is 15.5. The van der Waals surface area contributed by atoms with Crippen LogP contribution in [-0.4, -0.2) is 38.1 Å². The van der Waals surface area contributed by atoms with Crippen molar-refractivity contribution in [3.8, 4) is 11.4 Å². The monoisotopic (exact) mass is 372 g/mol. The van der Waals surface area contributed by atoms with Gasteiger partial charge in [0.1, 0.15) is 6.04 Å². The van der Waals surface area contributed by atoms with Gasteiger partial charge in [-0.2, -0.15) is 4.52 Å². The Balaban J connectivity index is 1.70. The number of fused-ring (bicyclic) bond motifs is 3. The van der Waals surface area contributed by atoms with Gasteiger partial charge in [0.05, 0.1) is 5.52 Å². The number of aryl methyl sites for hydroxylation is 1. The first kappa shape index (κ1) is 16.7. The molecule has 5 rings (SSSR count). The van der Waals surface area contributed by atoms with Crippen molar-refractivity contribution >= 4 is 28.4 Å². The molecule has 2 N–H and O–H groups in total. The van der Waals surface area contributed by atoms with Crippen LogP contribution in [0.15, 0.2) is 48.5 Å². The highest BCUT2D eigenvalue weighted by Crippen LogP contribution is 2.26. The number of carbonyl (C=O) groups is 1. The zero-order valence-corrected chi connectivity index (χ0v) is 15.5. The van der Waals surface area contributed by atoms with Gasteiger partial charge in [0.15, 0.2) is 11.5 Å². The Morgan fingerprint density at radius 2 is 1.93 bits per heavy atom. The molecular formula is C21H20N6O. The summed E-state index contributed by atoms with van der Waals surface area (Å²) in [5, 5.41) is 11.8. The van der Waals surface area contributed by atoms with Crippen LogP contribution in [0.3, 0.4) is 0 Å². The van der Waals surface area contributed by atoms with Crippen LogP contribution in [0.1, 0.15) is 18.4 Å².